The summed E-state index contributed by atoms with van der Waals surface area (Å²) in [6, 6.07) is 2.55. The van der Waals surface area contributed by atoms with Crippen molar-refractivity contribution in [3.05, 3.63) is 70.8 Å². The van der Waals surface area contributed by atoms with Crippen LogP contribution < -0.4 is 5.56 Å². The second-order valence-electron chi connectivity index (χ2n) is 6.74. The average Bonchev–Trinajstić information content (AvgIpc) is 3.25. The van der Waals surface area contributed by atoms with E-state index in [4.69, 9.17) is 9.47 Å². The van der Waals surface area contributed by atoms with Crippen LogP contribution in [-0.4, -0.2) is 20.8 Å². The van der Waals surface area contributed by atoms with E-state index in [-0.39, 0.29) is 11.9 Å². The molecule has 0 aliphatic carbocycles. The molecule has 0 fully saturated rings. The highest BCUT2D eigenvalue weighted by Crippen LogP contribution is 2.31. The first-order valence-corrected chi connectivity index (χ1v) is 9.12. The molecule has 3 heterocycles. The molecule has 0 radical (unpaired) electrons. The van der Waals surface area contributed by atoms with Gasteiger partial charge in [-0.15, -0.1) is 0 Å². The number of benzene rings is 1. The third-order valence-corrected chi connectivity index (χ3v) is 4.72. The number of halogens is 5. The van der Waals surface area contributed by atoms with Crippen molar-refractivity contribution in [1.29, 1.82) is 0 Å². The maximum absolute atomic E-state index is 14.7. The third kappa shape index (κ3) is 4.07. The van der Waals surface area contributed by atoms with Crippen LogP contribution in [0.3, 0.4) is 0 Å². The molecule has 2 aromatic heterocycles. The Labute approximate surface area is 171 Å². The molecular weight excluding hydrogens is 425 g/mol. The molecule has 31 heavy (non-hydrogen) atoms. The van der Waals surface area contributed by atoms with Gasteiger partial charge in [-0.1, -0.05) is 0 Å². The summed E-state index contributed by atoms with van der Waals surface area (Å²) in [6.45, 7) is 0.225. The molecule has 0 spiro atoms. The maximum Gasteiger partial charge on any atom is 0.419 e. The monoisotopic (exact) mass is 439 g/mol. The van der Waals surface area contributed by atoms with E-state index in [9.17, 15) is 26.7 Å². The van der Waals surface area contributed by atoms with Gasteiger partial charge >= 0.3 is 6.18 Å². The summed E-state index contributed by atoms with van der Waals surface area (Å²) >= 11 is 0. The summed E-state index contributed by atoms with van der Waals surface area (Å²) in [7, 11) is 0. The SMILES string of the molecule is O=c1c2c(F)c(F)c(-c3ncc(C(F)(F)F)cn3)cc2ccn1CCCC1OC=CO1. The standard InChI is InChI=1S/C20H14F5N3O3/c21-16-13(18-26-9-12(10-27-18)20(23,24)25)8-11-3-5-28(19(29)15(11)17(16)22)4-1-2-14-30-6-7-31-14/h3,5-10,14H,1-2,4H2. The molecule has 0 bridgehead atoms. The Bertz CT molecular complexity index is 1200. The zero-order valence-electron chi connectivity index (χ0n) is 15.7. The van der Waals surface area contributed by atoms with Crippen molar-refractivity contribution in [3.63, 3.8) is 0 Å². The molecule has 0 saturated carbocycles. The Morgan fingerprint density at radius 2 is 1.74 bits per heavy atom. The molecule has 1 aliphatic heterocycles. The fourth-order valence-corrected chi connectivity index (χ4v) is 3.16. The van der Waals surface area contributed by atoms with Gasteiger partial charge in [0.1, 0.15) is 12.5 Å². The Balaban J connectivity index is 1.64. The number of ether oxygens (including phenoxy) is 2. The number of aromatic nitrogens is 3. The molecule has 0 unspecified atom stereocenters. The topological polar surface area (TPSA) is 66.2 Å². The van der Waals surface area contributed by atoms with E-state index in [1.54, 1.807) is 0 Å². The highest BCUT2D eigenvalue weighted by molar-refractivity contribution is 5.86. The fourth-order valence-electron chi connectivity index (χ4n) is 3.16. The zero-order chi connectivity index (χ0) is 22.2. The number of rotatable bonds is 5. The summed E-state index contributed by atoms with van der Waals surface area (Å²) in [5.41, 5.74) is -2.30. The van der Waals surface area contributed by atoms with E-state index in [0.717, 1.165) is 6.07 Å². The van der Waals surface area contributed by atoms with Crippen LogP contribution in [0.25, 0.3) is 22.2 Å². The van der Waals surface area contributed by atoms with Crippen LogP contribution >= 0.6 is 0 Å². The van der Waals surface area contributed by atoms with Crippen molar-refractivity contribution < 1.29 is 31.4 Å². The zero-order valence-corrected chi connectivity index (χ0v) is 15.7. The van der Waals surface area contributed by atoms with Gasteiger partial charge in [-0.25, -0.2) is 18.7 Å². The Kier molecular flexibility index (Phi) is 5.34. The van der Waals surface area contributed by atoms with Crippen LogP contribution in [0.4, 0.5) is 22.0 Å². The minimum Gasteiger partial charge on any atom is -0.459 e. The highest BCUT2D eigenvalue weighted by atomic mass is 19.4. The van der Waals surface area contributed by atoms with Gasteiger partial charge < -0.3 is 14.0 Å². The summed E-state index contributed by atoms with van der Waals surface area (Å²) in [6.07, 6.45) is 1.06. The van der Waals surface area contributed by atoms with Crippen molar-refractivity contribution in [2.24, 2.45) is 0 Å². The van der Waals surface area contributed by atoms with Crippen molar-refractivity contribution in [2.75, 3.05) is 0 Å². The molecule has 4 rings (SSSR count). The predicted molar refractivity (Wildman–Crippen MR) is 98.5 cm³/mol. The van der Waals surface area contributed by atoms with Gasteiger partial charge in [0.25, 0.3) is 5.56 Å². The summed E-state index contributed by atoms with van der Waals surface area (Å²) in [5.74, 6) is -3.26. The second kappa shape index (κ2) is 7.97. The molecule has 11 heteroatoms. The molecule has 3 aromatic rings. The van der Waals surface area contributed by atoms with Crippen LogP contribution in [0.1, 0.15) is 18.4 Å². The van der Waals surface area contributed by atoms with Gasteiger partial charge in [0.05, 0.1) is 16.5 Å². The number of pyridine rings is 1. The Morgan fingerprint density at radius 1 is 1.06 bits per heavy atom. The van der Waals surface area contributed by atoms with E-state index in [2.05, 4.69) is 9.97 Å². The first kappa shape index (κ1) is 20.8. The van der Waals surface area contributed by atoms with E-state index in [0.29, 0.717) is 25.2 Å². The summed E-state index contributed by atoms with van der Waals surface area (Å²) in [4.78, 5) is 19.6. The lowest BCUT2D eigenvalue weighted by Crippen LogP contribution is -2.22. The molecule has 6 nitrogen and oxygen atoms in total. The number of alkyl halides is 3. The molecule has 162 valence electrons. The lowest BCUT2D eigenvalue weighted by molar-refractivity contribution is -0.138. The molecular formula is C20H14F5N3O3. The molecule has 0 saturated heterocycles. The van der Waals surface area contributed by atoms with Crippen LogP contribution in [0, 0.1) is 11.6 Å². The first-order valence-electron chi connectivity index (χ1n) is 9.12. The van der Waals surface area contributed by atoms with Gasteiger partial charge in [-0.2, -0.15) is 13.2 Å². The van der Waals surface area contributed by atoms with Gasteiger partial charge in [0, 0.05) is 31.6 Å². The molecule has 1 aliphatic rings. The molecule has 0 atom stereocenters. The van der Waals surface area contributed by atoms with Crippen LogP contribution in [0.15, 0.2) is 48.0 Å². The van der Waals surface area contributed by atoms with Crippen molar-refractivity contribution in [1.82, 2.24) is 14.5 Å². The fraction of sp³-hybridized carbons (Fsp3) is 0.250. The summed E-state index contributed by atoms with van der Waals surface area (Å²) in [5, 5.41) is -0.393. The van der Waals surface area contributed by atoms with Crippen molar-refractivity contribution in [3.8, 4) is 11.4 Å². The lowest BCUT2D eigenvalue weighted by Gasteiger charge is -2.12. The van der Waals surface area contributed by atoms with Gasteiger partial charge in [-0.05, 0) is 23.9 Å². The first-order chi connectivity index (χ1) is 14.8. The van der Waals surface area contributed by atoms with Crippen LogP contribution in [0.5, 0.6) is 0 Å². The van der Waals surface area contributed by atoms with E-state index >= 15 is 0 Å². The molecule has 1 aromatic carbocycles. The van der Waals surface area contributed by atoms with Gasteiger partial charge in [0.2, 0.25) is 6.29 Å². The second-order valence-corrected chi connectivity index (χ2v) is 6.74. The van der Waals surface area contributed by atoms with E-state index in [1.807, 2.05) is 0 Å². The minimum absolute atomic E-state index is 0.0744. The van der Waals surface area contributed by atoms with E-state index in [1.165, 1.54) is 29.4 Å². The van der Waals surface area contributed by atoms with E-state index < -0.39 is 52.0 Å². The Hall–Kier alpha value is -3.50. The largest absolute Gasteiger partial charge is 0.459 e. The normalized spacial score (nSPS) is 14.1. The number of fused-ring (bicyclic) bond motifs is 1. The predicted octanol–water partition coefficient (Wildman–Crippen LogP) is 4.38. The number of nitrogens with zero attached hydrogens (tertiary/aromatic N) is 3. The smallest absolute Gasteiger partial charge is 0.419 e. The minimum atomic E-state index is -4.66. The maximum atomic E-state index is 14.7. The van der Waals surface area contributed by atoms with Crippen molar-refractivity contribution >= 4 is 10.8 Å². The third-order valence-electron chi connectivity index (χ3n) is 4.72. The van der Waals surface area contributed by atoms with Crippen molar-refractivity contribution in [2.45, 2.75) is 31.9 Å². The molecule has 0 amide bonds. The van der Waals surface area contributed by atoms with Gasteiger partial charge in [-0.3, -0.25) is 4.79 Å². The lowest BCUT2D eigenvalue weighted by atomic mass is 10.1. The van der Waals surface area contributed by atoms with Gasteiger partial charge in [0.15, 0.2) is 17.5 Å². The average molecular weight is 439 g/mol. The summed E-state index contributed by atoms with van der Waals surface area (Å²) < 4.78 is 78.9. The Morgan fingerprint density at radius 3 is 2.39 bits per heavy atom. The highest BCUT2D eigenvalue weighted by Gasteiger charge is 2.31. The van der Waals surface area contributed by atoms with Crippen LogP contribution in [0.2, 0.25) is 0 Å². The van der Waals surface area contributed by atoms with Crippen LogP contribution in [-0.2, 0) is 22.2 Å². The number of hydrogen-bond donors (Lipinski definition) is 0. The quantitative estimate of drug-likeness (QED) is 0.552. The number of aryl methyl sites for hydroxylation is 1. The molecule has 0 N–H and O–H groups in total. The number of hydrogen-bond acceptors (Lipinski definition) is 5.